The number of halogens is 1. The van der Waals surface area contributed by atoms with E-state index in [9.17, 15) is 9.50 Å². The Hall–Kier alpha value is -1.76. The van der Waals surface area contributed by atoms with Gasteiger partial charge in [0, 0.05) is 50.1 Å². The first-order valence-corrected chi connectivity index (χ1v) is 10.8. The molecule has 1 atom stereocenters. The summed E-state index contributed by atoms with van der Waals surface area (Å²) in [5.41, 5.74) is 4.26. The Kier molecular flexibility index (Phi) is 7.44. The maximum absolute atomic E-state index is 13.3. The van der Waals surface area contributed by atoms with E-state index in [1.807, 2.05) is 11.6 Å². The number of aliphatic hydroxyl groups is 1. The second-order valence-corrected chi connectivity index (χ2v) is 8.66. The fraction of sp³-hybridized carbons (Fsp3) is 0.609. The highest BCUT2D eigenvalue weighted by Gasteiger charge is 2.27. The quantitative estimate of drug-likeness (QED) is 0.734. The number of piperazine rings is 1. The molecule has 29 heavy (non-hydrogen) atoms. The van der Waals surface area contributed by atoms with Gasteiger partial charge in [-0.3, -0.25) is 9.80 Å². The van der Waals surface area contributed by atoms with Crippen LogP contribution in [-0.2, 0) is 6.54 Å². The van der Waals surface area contributed by atoms with Crippen LogP contribution in [0.4, 0.5) is 4.39 Å². The minimum atomic E-state index is -0.235. The third kappa shape index (κ3) is 5.44. The van der Waals surface area contributed by atoms with Crippen LogP contribution in [0, 0.1) is 25.6 Å². The molecule has 1 fully saturated rings. The molecule has 6 heteroatoms. The van der Waals surface area contributed by atoms with E-state index in [0.717, 1.165) is 56.2 Å². The van der Waals surface area contributed by atoms with Crippen molar-refractivity contribution in [3.8, 4) is 5.69 Å². The lowest BCUT2D eigenvalue weighted by atomic mass is 10.0. The van der Waals surface area contributed by atoms with Crippen LogP contribution in [0.1, 0.15) is 43.6 Å². The molecule has 5 nitrogen and oxygen atoms in total. The zero-order valence-electron chi connectivity index (χ0n) is 18.2. The van der Waals surface area contributed by atoms with Gasteiger partial charge in [-0.15, -0.1) is 0 Å². The minimum absolute atomic E-state index is 0.233. The lowest BCUT2D eigenvalue weighted by Gasteiger charge is -2.41. The second kappa shape index (κ2) is 9.83. The molecule has 0 bridgehead atoms. The maximum Gasteiger partial charge on any atom is 0.123 e. The third-order valence-corrected chi connectivity index (χ3v) is 6.04. The van der Waals surface area contributed by atoms with Crippen molar-refractivity contribution in [2.24, 2.45) is 5.92 Å². The van der Waals surface area contributed by atoms with Crippen molar-refractivity contribution in [1.29, 1.82) is 0 Å². The Morgan fingerprint density at radius 2 is 1.90 bits per heavy atom. The van der Waals surface area contributed by atoms with Crippen LogP contribution in [0.15, 0.2) is 24.3 Å². The van der Waals surface area contributed by atoms with Gasteiger partial charge in [0.05, 0.1) is 11.4 Å². The van der Waals surface area contributed by atoms with E-state index in [1.54, 1.807) is 12.1 Å². The molecule has 1 aromatic heterocycles. The van der Waals surface area contributed by atoms with Gasteiger partial charge in [0.1, 0.15) is 5.82 Å². The molecule has 1 aliphatic rings. The zero-order chi connectivity index (χ0) is 21.0. The van der Waals surface area contributed by atoms with Crippen LogP contribution >= 0.6 is 0 Å². The lowest BCUT2D eigenvalue weighted by molar-refractivity contribution is 0.0522. The highest BCUT2D eigenvalue weighted by atomic mass is 19.1. The minimum Gasteiger partial charge on any atom is -0.396 e. The zero-order valence-corrected chi connectivity index (χ0v) is 18.2. The van der Waals surface area contributed by atoms with Crippen LogP contribution in [0.25, 0.3) is 5.69 Å². The molecular weight excluding hydrogens is 367 g/mol. The first kappa shape index (κ1) is 21.9. The van der Waals surface area contributed by atoms with Crippen LogP contribution in [-0.4, -0.2) is 63.5 Å². The van der Waals surface area contributed by atoms with Gasteiger partial charge < -0.3 is 5.11 Å². The number of hydrogen-bond donors (Lipinski definition) is 1. The largest absolute Gasteiger partial charge is 0.396 e. The second-order valence-electron chi connectivity index (χ2n) is 8.66. The first-order chi connectivity index (χ1) is 13.9. The van der Waals surface area contributed by atoms with Crippen molar-refractivity contribution in [3.05, 3.63) is 47.0 Å². The Labute approximate surface area is 174 Å². The predicted molar refractivity (Wildman–Crippen MR) is 115 cm³/mol. The van der Waals surface area contributed by atoms with Crippen LogP contribution in [0.2, 0.25) is 0 Å². The Bertz CT molecular complexity index is 787. The maximum atomic E-state index is 13.3. The summed E-state index contributed by atoms with van der Waals surface area (Å²) in [5.74, 6) is 0.464. The summed E-state index contributed by atoms with van der Waals surface area (Å²) in [4.78, 5) is 5.03. The van der Waals surface area contributed by atoms with Crippen molar-refractivity contribution < 1.29 is 9.50 Å². The number of aromatic nitrogens is 2. The van der Waals surface area contributed by atoms with E-state index in [1.165, 1.54) is 24.1 Å². The number of aliphatic hydroxyl groups excluding tert-OH is 1. The van der Waals surface area contributed by atoms with E-state index >= 15 is 0 Å². The van der Waals surface area contributed by atoms with Gasteiger partial charge in [-0.1, -0.05) is 13.8 Å². The molecule has 2 heterocycles. The average Bonchev–Trinajstić information content (AvgIpc) is 2.96. The van der Waals surface area contributed by atoms with E-state index in [-0.39, 0.29) is 12.4 Å². The highest BCUT2D eigenvalue weighted by Crippen LogP contribution is 2.22. The SMILES string of the molecule is Cc1nn(-c2ccc(F)cc2)c(C)c1CN1CCN(CCC(C)C)[C@H](CCO)C1. The van der Waals surface area contributed by atoms with Crippen LogP contribution in [0.3, 0.4) is 0 Å². The predicted octanol–water partition coefficient (Wildman–Crippen LogP) is 3.54. The topological polar surface area (TPSA) is 44.5 Å². The number of nitrogens with zero attached hydrogens (tertiary/aromatic N) is 4. The third-order valence-electron chi connectivity index (χ3n) is 6.04. The Morgan fingerprint density at radius 1 is 1.17 bits per heavy atom. The van der Waals surface area contributed by atoms with E-state index < -0.39 is 0 Å². The van der Waals surface area contributed by atoms with Gasteiger partial charge in [0.2, 0.25) is 0 Å². The molecule has 1 N–H and O–H groups in total. The molecule has 3 rings (SSSR count). The van der Waals surface area contributed by atoms with Gasteiger partial charge in [-0.2, -0.15) is 5.10 Å². The van der Waals surface area contributed by atoms with Crippen molar-refractivity contribution in [3.63, 3.8) is 0 Å². The van der Waals surface area contributed by atoms with Gasteiger partial charge in [-0.25, -0.2) is 9.07 Å². The van der Waals surface area contributed by atoms with Gasteiger partial charge in [-0.05, 0) is 63.4 Å². The smallest absolute Gasteiger partial charge is 0.123 e. The lowest BCUT2D eigenvalue weighted by Crippen LogP contribution is -2.53. The van der Waals surface area contributed by atoms with Crippen LogP contribution in [0.5, 0.6) is 0 Å². The number of aryl methyl sites for hydroxylation is 1. The summed E-state index contributed by atoms with van der Waals surface area (Å²) in [5, 5.41) is 14.3. The molecule has 1 aliphatic heterocycles. The molecule has 1 aromatic carbocycles. The molecule has 0 amide bonds. The average molecular weight is 403 g/mol. The standard InChI is InChI=1S/C23H35FN4O/c1-17(2)9-11-27-13-12-26(15-22(27)10-14-29)16-23-18(3)25-28(19(23)4)21-7-5-20(24)6-8-21/h5-8,17,22,29H,9-16H2,1-4H3/t22-/m1/s1. The molecule has 0 spiro atoms. The van der Waals surface area contributed by atoms with Crippen molar-refractivity contribution in [2.75, 3.05) is 32.8 Å². The molecular formula is C23H35FN4O. The fourth-order valence-electron chi connectivity index (χ4n) is 4.20. The van der Waals surface area contributed by atoms with E-state index in [4.69, 9.17) is 5.10 Å². The summed E-state index contributed by atoms with van der Waals surface area (Å²) >= 11 is 0. The van der Waals surface area contributed by atoms with E-state index in [2.05, 4.69) is 30.6 Å². The first-order valence-electron chi connectivity index (χ1n) is 10.8. The van der Waals surface area contributed by atoms with Crippen molar-refractivity contribution >= 4 is 0 Å². The van der Waals surface area contributed by atoms with Crippen LogP contribution < -0.4 is 0 Å². The summed E-state index contributed by atoms with van der Waals surface area (Å²) in [6, 6.07) is 6.88. The fourth-order valence-corrected chi connectivity index (χ4v) is 4.20. The summed E-state index contributed by atoms with van der Waals surface area (Å²) in [7, 11) is 0. The molecule has 1 saturated heterocycles. The monoisotopic (exact) mass is 402 g/mol. The molecule has 0 aliphatic carbocycles. The summed E-state index contributed by atoms with van der Waals surface area (Å²) in [6.07, 6.45) is 2.02. The number of benzene rings is 1. The van der Waals surface area contributed by atoms with Crippen molar-refractivity contribution in [2.45, 2.75) is 53.1 Å². The normalized spacial score (nSPS) is 18.7. The molecule has 0 unspecified atom stereocenters. The highest BCUT2D eigenvalue weighted by molar-refractivity contribution is 5.37. The number of hydrogen-bond acceptors (Lipinski definition) is 4. The van der Waals surface area contributed by atoms with Gasteiger partial charge in [0.15, 0.2) is 0 Å². The molecule has 160 valence electrons. The van der Waals surface area contributed by atoms with Crippen molar-refractivity contribution in [1.82, 2.24) is 19.6 Å². The molecule has 0 saturated carbocycles. The van der Waals surface area contributed by atoms with E-state index in [0.29, 0.717) is 12.0 Å². The Morgan fingerprint density at radius 3 is 2.55 bits per heavy atom. The van der Waals surface area contributed by atoms with Gasteiger partial charge in [0.25, 0.3) is 0 Å². The molecule has 0 radical (unpaired) electrons. The Balaban J connectivity index is 1.70. The summed E-state index contributed by atoms with van der Waals surface area (Å²) in [6.45, 7) is 13.9. The summed E-state index contributed by atoms with van der Waals surface area (Å²) < 4.78 is 15.2. The number of rotatable bonds is 8. The van der Waals surface area contributed by atoms with Gasteiger partial charge >= 0.3 is 0 Å². The molecule has 2 aromatic rings.